The molecule has 0 aromatic heterocycles. The Hall–Kier alpha value is -2.33. The van der Waals surface area contributed by atoms with Crippen LogP contribution in [0.25, 0.3) is 0 Å². The maximum Gasteiger partial charge on any atom is 0.225 e. The fourth-order valence-corrected chi connectivity index (χ4v) is 6.69. The largest absolute Gasteiger partial charge is 0.508 e. The number of aromatic hydroxyl groups is 1. The maximum absolute atomic E-state index is 12.4. The lowest BCUT2D eigenvalue weighted by molar-refractivity contribution is -0.119. The summed E-state index contributed by atoms with van der Waals surface area (Å²) >= 11 is 0. The molecule has 3 aliphatic rings. The highest BCUT2D eigenvalue weighted by Gasteiger charge is 2.74. The van der Waals surface area contributed by atoms with Crippen LogP contribution < -0.4 is 5.32 Å². The molecule has 1 amide bonds. The summed E-state index contributed by atoms with van der Waals surface area (Å²) in [7, 11) is 0. The van der Waals surface area contributed by atoms with Crippen LogP contribution in [0.2, 0.25) is 0 Å². The summed E-state index contributed by atoms with van der Waals surface area (Å²) in [5.41, 5.74) is 4.00. The maximum atomic E-state index is 12.4. The van der Waals surface area contributed by atoms with E-state index in [-0.39, 0.29) is 16.7 Å². The summed E-state index contributed by atoms with van der Waals surface area (Å²) in [5.74, 6) is 0.983. The Bertz CT molecular complexity index is 927. The minimum atomic E-state index is 0.0847. The van der Waals surface area contributed by atoms with E-state index < -0.39 is 0 Å². The first-order valence-electron chi connectivity index (χ1n) is 10.4. The number of carbonyl (C=O) groups excluding carboxylic acids is 1. The molecule has 2 aromatic carbocycles. The van der Waals surface area contributed by atoms with E-state index in [0.717, 1.165) is 25.2 Å². The molecule has 2 fully saturated rings. The summed E-state index contributed by atoms with van der Waals surface area (Å²) in [6, 6.07) is 16.1. The van der Waals surface area contributed by atoms with Gasteiger partial charge in [-0.1, -0.05) is 38.1 Å². The smallest absolute Gasteiger partial charge is 0.225 e. The van der Waals surface area contributed by atoms with Crippen molar-refractivity contribution in [2.45, 2.75) is 44.6 Å². The summed E-state index contributed by atoms with van der Waals surface area (Å²) in [6.45, 7) is 6.62. The van der Waals surface area contributed by atoms with Crippen molar-refractivity contribution in [3.8, 4) is 5.75 Å². The van der Waals surface area contributed by atoms with Crippen molar-refractivity contribution in [1.29, 1.82) is 0 Å². The van der Waals surface area contributed by atoms with Crippen molar-refractivity contribution in [2.24, 2.45) is 11.3 Å². The van der Waals surface area contributed by atoms with E-state index in [0.29, 0.717) is 24.1 Å². The van der Waals surface area contributed by atoms with Gasteiger partial charge >= 0.3 is 0 Å². The molecule has 28 heavy (non-hydrogen) atoms. The Kier molecular flexibility index (Phi) is 3.86. The predicted octanol–water partition coefficient (Wildman–Crippen LogP) is 3.95. The molecule has 1 aliphatic heterocycles. The van der Waals surface area contributed by atoms with E-state index in [9.17, 15) is 9.90 Å². The van der Waals surface area contributed by atoms with Crippen LogP contribution in [-0.4, -0.2) is 35.0 Å². The Morgan fingerprint density at radius 3 is 2.82 bits per heavy atom. The van der Waals surface area contributed by atoms with Crippen molar-refractivity contribution in [1.82, 2.24) is 4.90 Å². The van der Waals surface area contributed by atoms with Gasteiger partial charge in [0.05, 0.1) is 0 Å². The van der Waals surface area contributed by atoms with Gasteiger partial charge in [0.1, 0.15) is 5.75 Å². The van der Waals surface area contributed by atoms with Crippen molar-refractivity contribution >= 4 is 11.6 Å². The number of amides is 1. The van der Waals surface area contributed by atoms with Crippen molar-refractivity contribution < 1.29 is 9.90 Å². The lowest BCUT2D eigenvalue weighted by Crippen LogP contribution is -2.68. The van der Waals surface area contributed by atoms with E-state index in [2.05, 4.69) is 30.1 Å². The molecular weight excluding hydrogens is 348 g/mol. The molecule has 1 saturated carbocycles. The second kappa shape index (κ2) is 6.08. The number of likely N-dealkylation sites (tertiary alicyclic amines) is 1. The lowest BCUT2D eigenvalue weighted by Gasteiger charge is -2.64. The number of para-hydroxylation sites is 1. The van der Waals surface area contributed by atoms with Gasteiger partial charge in [0.2, 0.25) is 5.91 Å². The molecule has 4 heteroatoms. The quantitative estimate of drug-likeness (QED) is 0.850. The number of hydrogen-bond donors (Lipinski definition) is 2. The summed E-state index contributed by atoms with van der Waals surface area (Å²) in [6.07, 6.45) is 2.80. The number of phenols is 1. The fraction of sp³-hybridized carbons (Fsp3) is 0.458. The molecular formula is C24H28N2O2. The minimum absolute atomic E-state index is 0.0847. The molecule has 4 nitrogen and oxygen atoms in total. The van der Waals surface area contributed by atoms with Crippen LogP contribution in [-0.2, 0) is 16.6 Å². The Labute approximate surface area is 166 Å². The molecule has 2 aliphatic carbocycles. The average molecular weight is 377 g/mol. The molecule has 5 rings (SSSR count). The van der Waals surface area contributed by atoms with Crippen LogP contribution in [0.3, 0.4) is 0 Å². The molecule has 0 radical (unpaired) electrons. The van der Waals surface area contributed by atoms with Gasteiger partial charge in [-0.25, -0.2) is 0 Å². The third-order valence-corrected chi connectivity index (χ3v) is 8.07. The monoisotopic (exact) mass is 376 g/mol. The minimum Gasteiger partial charge on any atom is -0.508 e. The van der Waals surface area contributed by atoms with Crippen molar-refractivity contribution in [3.05, 3.63) is 59.7 Å². The number of anilines is 1. The molecule has 4 unspecified atom stereocenters. The van der Waals surface area contributed by atoms with Crippen LogP contribution >= 0.6 is 0 Å². The summed E-state index contributed by atoms with van der Waals surface area (Å²) in [5, 5.41) is 13.0. The molecule has 2 N–H and O–H groups in total. The molecule has 1 heterocycles. The lowest BCUT2D eigenvalue weighted by atomic mass is 9.42. The van der Waals surface area contributed by atoms with Crippen LogP contribution in [0, 0.1) is 11.3 Å². The highest BCUT2D eigenvalue weighted by atomic mass is 16.3. The Balaban J connectivity index is 1.29. The number of nitrogens with zero attached hydrogens (tertiary/aromatic N) is 1. The van der Waals surface area contributed by atoms with Gasteiger partial charge in [-0.2, -0.15) is 0 Å². The highest BCUT2D eigenvalue weighted by molar-refractivity contribution is 5.90. The zero-order valence-electron chi connectivity index (χ0n) is 16.6. The number of rotatable bonds is 4. The van der Waals surface area contributed by atoms with Gasteiger partial charge in [0, 0.05) is 35.5 Å². The second-order valence-electron chi connectivity index (χ2n) is 9.06. The van der Waals surface area contributed by atoms with E-state index in [1.807, 2.05) is 42.5 Å². The van der Waals surface area contributed by atoms with Crippen LogP contribution in [0.15, 0.2) is 48.5 Å². The van der Waals surface area contributed by atoms with Crippen LogP contribution in [0.1, 0.15) is 37.8 Å². The third-order valence-electron chi connectivity index (χ3n) is 8.07. The van der Waals surface area contributed by atoms with Gasteiger partial charge in [-0.15, -0.1) is 0 Å². The molecule has 0 bridgehead atoms. The second-order valence-corrected chi connectivity index (χ2v) is 9.06. The highest BCUT2D eigenvalue weighted by Crippen LogP contribution is 2.72. The van der Waals surface area contributed by atoms with Crippen molar-refractivity contribution in [2.75, 3.05) is 18.4 Å². The standard InChI is InChI=1S/C24H28N2O2/c1-16-22-24(15-17-8-9-19(27)14-20(17)23(16,24)2)11-13-26(22)12-10-21(28)25-18-6-4-3-5-7-18/h3-9,14,16,22,27H,10-13,15H2,1-2H3,(H,25,28). The fourth-order valence-electron chi connectivity index (χ4n) is 6.69. The number of hydrogen-bond acceptors (Lipinski definition) is 3. The van der Waals surface area contributed by atoms with Crippen molar-refractivity contribution in [3.63, 3.8) is 0 Å². The molecule has 2 aromatic rings. The summed E-state index contributed by atoms with van der Waals surface area (Å²) < 4.78 is 0. The zero-order chi connectivity index (χ0) is 19.5. The first-order valence-corrected chi connectivity index (χ1v) is 10.4. The number of nitrogens with one attached hydrogen (secondary N) is 1. The van der Waals surface area contributed by atoms with E-state index in [1.54, 1.807) is 0 Å². The van der Waals surface area contributed by atoms with Gasteiger partial charge in [0.15, 0.2) is 0 Å². The van der Waals surface area contributed by atoms with Gasteiger partial charge in [0.25, 0.3) is 0 Å². The van der Waals surface area contributed by atoms with Crippen LogP contribution in [0.5, 0.6) is 5.75 Å². The third kappa shape index (κ3) is 2.24. The average Bonchev–Trinajstić information content (AvgIpc) is 3.13. The zero-order valence-corrected chi connectivity index (χ0v) is 16.6. The van der Waals surface area contributed by atoms with Gasteiger partial charge in [-0.3, -0.25) is 9.69 Å². The van der Waals surface area contributed by atoms with Crippen LogP contribution in [0.4, 0.5) is 5.69 Å². The number of benzene rings is 2. The van der Waals surface area contributed by atoms with E-state index in [4.69, 9.17) is 0 Å². The van der Waals surface area contributed by atoms with E-state index >= 15 is 0 Å². The molecule has 146 valence electrons. The number of fused-ring (bicyclic) bond motifs is 2. The van der Waals surface area contributed by atoms with E-state index in [1.165, 1.54) is 17.5 Å². The first-order chi connectivity index (χ1) is 13.5. The molecule has 1 saturated heterocycles. The topological polar surface area (TPSA) is 52.6 Å². The first kappa shape index (κ1) is 17.7. The summed E-state index contributed by atoms with van der Waals surface area (Å²) in [4.78, 5) is 14.9. The van der Waals surface area contributed by atoms with Gasteiger partial charge in [-0.05, 0) is 60.7 Å². The number of phenolic OH excluding ortho intramolecular Hbond substituents is 1. The normalized spacial score (nSPS) is 32.9. The predicted molar refractivity (Wildman–Crippen MR) is 110 cm³/mol. The molecule has 1 spiro atoms. The Morgan fingerprint density at radius 1 is 1.25 bits per heavy atom. The molecule has 4 atom stereocenters. The number of carbonyl (C=O) groups is 1. The Morgan fingerprint density at radius 2 is 2.04 bits per heavy atom. The van der Waals surface area contributed by atoms with Gasteiger partial charge < -0.3 is 10.4 Å². The SMILES string of the molecule is CC1C2N(CCC(=O)Nc3ccccc3)CCC23Cc2ccc(O)cc2C13C.